The Morgan fingerprint density at radius 2 is 2.00 bits per heavy atom. The van der Waals surface area contributed by atoms with Gasteiger partial charge < -0.3 is 0 Å². The lowest BCUT2D eigenvalue weighted by Crippen LogP contribution is -1.94. The quantitative estimate of drug-likeness (QED) is 0.455. The molecular weight excluding hydrogens is 350 g/mol. The average molecular weight is 358 g/mol. The van der Waals surface area contributed by atoms with Crippen molar-refractivity contribution in [3.05, 3.63) is 55.4 Å². The first-order chi connectivity index (χ1) is 9.00. The summed E-state index contributed by atoms with van der Waals surface area (Å²) >= 11 is 5.25. The molecule has 0 aliphatic carbocycles. The highest BCUT2D eigenvalue weighted by Crippen LogP contribution is 2.45. The summed E-state index contributed by atoms with van der Waals surface area (Å²) in [5, 5.41) is 10.8. The third kappa shape index (κ3) is 3.05. The maximum atomic E-state index is 12.1. The van der Waals surface area contributed by atoms with Crippen LogP contribution in [0.15, 0.2) is 39.7 Å². The normalized spacial score (nSPS) is 10.4. The molecule has 2 aromatic rings. The second-order valence-electron chi connectivity index (χ2n) is 3.62. The van der Waals surface area contributed by atoms with Gasteiger partial charge in [0, 0.05) is 10.4 Å². The highest BCUT2D eigenvalue weighted by molar-refractivity contribution is 9.10. The minimum Gasteiger partial charge on any atom is -0.281 e. The number of nitro groups is 1. The van der Waals surface area contributed by atoms with Gasteiger partial charge in [-0.15, -0.1) is 0 Å². The Morgan fingerprint density at radius 1 is 1.37 bits per heavy atom. The maximum Gasteiger partial charge on any atom is 0.339 e. The van der Waals surface area contributed by atoms with Crippen molar-refractivity contribution in [1.82, 2.24) is 0 Å². The molecule has 0 atom stereocenters. The predicted molar refractivity (Wildman–Crippen MR) is 80.0 cm³/mol. The van der Waals surface area contributed by atoms with E-state index in [1.807, 2.05) is 6.07 Å². The van der Waals surface area contributed by atoms with Crippen LogP contribution in [0.4, 0.5) is 5.00 Å². The van der Waals surface area contributed by atoms with Crippen molar-refractivity contribution in [2.45, 2.75) is 11.8 Å². The number of carbonyl (C=O) groups is 1. The Kier molecular flexibility index (Phi) is 4.38. The summed E-state index contributed by atoms with van der Waals surface area (Å²) in [6, 6.07) is 8.71. The number of benzene rings is 1. The third-order valence-corrected chi connectivity index (χ3v) is 6.05. The van der Waals surface area contributed by atoms with Gasteiger partial charge in [0.1, 0.15) is 4.90 Å². The number of hydrogen-bond acceptors (Lipinski definition) is 5. The lowest BCUT2D eigenvalue weighted by molar-refractivity contribution is -0.382. The zero-order chi connectivity index (χ0) is 14.0. The number of thiophene rings is 1. The van der Waals surface area contributed by atoms with Crippen LogP contribution < -0.4 is 0 Å². The van der Waals surface area contributed by atoms with Gasteiger partial charge in [0.05, 0.1) is 9.40 Å². The van der Waals surface area contributed by atoms with Crippen molar-refractivity contribution < 1.29 is 9.72 Å². The van der Waals surface area contributed by atoms with Crippen molar-refractivity contribution in [1.29, 1.82) is 0 Å². The van der Waals surface area contributed by atoms with Gasteiger partial charge in [0.2, 0.25) is 5.12 Å². The fourth-order valence-corrected chi connectivity index (χ4v) is 4.14. The summed E-state index contributed by atoms with van der Waals surface area (Å²) in [5.74, 6) is 0. The molecule has 0 radical (unpaired) electrons. The van der Waals surface area contributed by atoms with Crippen LogP contribution >= 0.6 is 39.0 Å². The van der Waals surface area contributed by atoms with E-state index in [4.69, 9.17) is 0 Å². The first-order valence-corrected chi connectivity index (χ1v) is 7.64. The molecular formula is C12H8BrNO3S2. The molecule has 98 valence electrons. The average Bonchev–Trinajstić information content (AvgIpc) is 2.68. The van der Waals surface area contributed by atoms with Crippen molar-refractivity contribution in [3.63, 3.8) is 0 Å². The fourth-order valence-electron chi connectivity index (χ4n) is 1.42. The Morgan fingerprint density at radius 3 is 2.58 bits per heavy atom. The van der Waals surface area contributed by atoms with Crippen LogP contribution in [0.2, 0.25) is 0 Å². The molecule has 7 heteroatoms. The molecule has 2 rings (SSSR count). The van der Waals surface area contributed by atoms with Gasteiger partial charge in [-0.3, -0.25) is 14.9 Å². The second-order valence-corrected chi connectivity index (χ2v) is 6.60. The summed E-state index contributed by atoms with van der Waals surface area (Å²) in [4.78, 5) is 23.8. The summed E-state index contributed by atoms with van der Waals surface area (Å²) in [7, 11) is 0. The molecule has 0 amide bonds. The van der Waals surface area contributed by atoms with Crippen LogP contribution in [-0.4, -0.2) is 10.0 Å². The zero-order valence-electron chi connectivity index (χ0n) is 9.75. The van der Waals surface area contributed by atoms with Crippen LogP contribution in [0.3, 0.4) is 0 Å². The molecule has 4 nitrogen and oxygen atoms in total. The summed E-state index contributed by atoms with van der Waals surface area (Å²) < 4.78 is 0.624. The third-order valence-electron chi connectivity index (χ3n) is 2.32. The highest BCUT2D eigenvalue weighted by Gasteiger charge is 2.26. The van der Waals surface area contributed by atoms with E-state index in [0.29, 0.717) is 14.9 Å². The molecule has 0 aliphatic rings. The lowest BCUT2D eigenvalue weighted by Gasteiger charge is -1.99. The summed E-state index contributed by atoms with van der Waals surface area (Å²) in [6.45, 7) is 1.78. The summed E-state index contributed by atoms with van der Waals surface area (Å²) in [6.07, 6.45) is 0. The van der Waals surface area contributed by atoms with Gasteiger partial charge in [-0.25, -0.2) is 0 Å². The smallest absolute Gasteiger partial charge is 0.281 e. The molecule has 0 N–H and O–H groups in total. The number of aryl methyl sites for hydroxylation is 1. The molecule has 0 saturated heterocycles. The van der Waals surface area contributed by atoms with E-state index in [1.54, 1.807) is 31.2 Å². The van der Waals surface area contributed by atoms with Gasteiger partial charge >= 0.3 is 5.00 Å². The molecule has 1 heterocycles. The molecule has 0 fully saturated rings. The number of carbonyl (C=O) groups excluding carboxylic acids is 1. The highest BCUT2D eigenvalue weighted by atomic mass is 79.9. The van der Waals surface area contributed by atoms with Crippen molar-refractivity contribution in [2.75, 3.05) is 0 Å². The van der Waals surface area contributed by atoms with E-state index in [2.05, 4.69) is 15.9 Å². The number of halogens is 1. The molecule has 0 aliphatic heterocycles. The molecule has 0 spiro atoms. The first-order valence-electron chi connectivity index (χ1n) is 5.21. The Labute approximate surface area is 126 Å². The maximum absolute atomic E-state index is 12.1. The SMILES string of the molecule is Cc1sc([N+](=O)[O-])c(SC(=O)c2ccccc2)c1Br. The Bertz CT molecular complexity index is 640. The molecule has 1 aromatic carbocycles. The van der Waals surface area contributed by atoms with Crippen molar-refractivity contribution in [3.8, 4) is 0 Å². The minimum absolute atomic E-state index is 0.00124. The van der Waals surface area contributed by atoms with E-state index in [0.717, 1.165) is 28.0 Å². The van der Waals surface area contributed by atoms with Crippen LogP contribution in [0.25, 0.3) is 0 Å². The van der Waals surface area contributed by atoms with E-state index in [1.165, 1.54) is 0 Å². The second kappa shape index (κ2) is 5.85. The first kappa shape index (κ1) is 14.2. The Balaban J connectivity index is 2.34. The van der Waals surface area contributed by atoms with Crippen LogP contribution in [-0.2, 0) is 0 Å². The summed E-state index contributed by atoms with van der Waals surface area (Å²) in [5.41, 5.74) is 0.526. The fraction of sp³-hybridized carbons (Fsp3) is 0.0833. The standard InChI is InChI=1S/C12H8BrNO3S2/c1-7-9(13)10(11(18-7)14(16)17)19-12(15)8-5-3-2-4-6-8/h2-6H,1H3. The van der Waals surface area contributed by atoms with Crippen LogP contribution in [0.1, 0.15) is 15.2 Å². The number of rotatable bonds is 3. The molecule has 0 unspecified atom stereocenters. The van der Waals surface area contributed by atoms with E-state index in [9.17, 15) is 14.9 Å². The van der Waals surface area contributed by atoms with Gasteiger partial charge in [-0.1, -0.05) is 41.7 Å². The van der Waals surface area contributed by atoms with E-state index >= 15 is 0 Å². The van der Waals surface area contributed by atoms with Gasteiger partial charge in [0.15, 0.2) is 0 Å². The monoisotopic (exact) mass is 357 g/mol. The number of nitrogens with zero attached hydrogens (tertiary/aromatic N) is 1. The van der Waals surface area contributed by atoms with E-state index in [-0.39, 0.29) is 10.1 Å². The lowest BCUT2D eigenvalue weighted by atomic mass is 10.2. The molecule has 0 saturated carbocycles. The van der Waals surface area contributed by atoms with Gasteiger partial charge in [-0.2, -0.15) is 0 Å². The molecule has 0 bridgehead atoms. The van der Waals surface area contributed by atoms with Gasteiger partial charge in [-0.05, 0) is 34.6 Å². The van der Waals surface area contributed by atoms with Crippen LogP contribution in [0, 0.1) is 17.0 Å². The van der Waals surface area contributed by atoms with Gasteiger partial charge in [0.25, 0.3) is 0 Å². The topological polar surface area (TPSA) is 60.2 Å². The molecule has 19 heavy (non-hydrogen) atoms. The zero-order valence-corrected chi connectivity index (χ0v) is 13.0. The largest absolute Gasteiger partial charge is 0.339 e. The predicted octanol–water partition coefficient (Wildman–Crippen LogP) is 4.66. The minimum atomic E-state index is -0.455. The van der Waals surface area contributed by atoms with E-state index < -0.39 is 4.92 Å². The van der Waals surface area contributed by atoms with Crippen LogP contribution in [0.5, 0.6) is 0 Å². The van der Waals surface area contributed by atoms with Crippen molar-refractivity contribution in [2.24, 2.45) is 0 Å². The van der Waals surface area contributed by atoms with Crippen molar-refractivity contribution >= 4 is 49.1 Å². The Hall–Kier alpha value is -1.18. The molecule has 1 aromatic heterocycles. The number of thioether (sulfide) groups is 1. The number of hydrogen-bond donors (Lipinski definition) is 0.